The van der Waals surface area contributed by atoms with E-state index in [1.165, 1.54) is 0 Å². The van der Waals surface area contributed by atoms with Crippen molar-refractivity contribution in [3.8, 4) is 0 Å². The minimum Gasteiger partial charge on any atom is -0.389 e. The van der Waals surface area contributed by atoms with Crippen LogP contribution in [0.3, 0.4) is 0 Å². The highest BCUT2D eigenvalue weighted by Gasteiger charge is 2.23. The molecule has 1 aliphatic heterocycles. The Kier molecular flexibility index (Phi) is 4.50. The van der Waals surface area contributed by atoms with Gasteiger partial charge in [0.2, 0.25) is 0 Å². The van der Waals surface area contributed by atoms with Crippen molar-refractivity contribution in [2.45, 2.75) is 19.4 Å². The summed E-state index contributed by atoms with van der Waals surface area (Å²) < 4.78 is 5.33. The number of nitrogens with two attached hydrogens (primary N) is 1. The summed E-state index contributed by atoms with van der Waals surface area (Å²) in [6.45, 7) is 3.50. The molecule has 2 atom stereocenters. The monoisotopic (exact) mass is 278 g/mol. The van der Waals surface area contributed by atoms with Crippen LogP contribution in [0.25, 0.3) is 0 Å². The normalized spacial score (nSPS) is 19.9. The second-order valence-corrected chi connectivity index (χ2v) is 5.27. The van der Waals surface area contributed by atoms with Gasteiger partial charge in [-0.3, -0.25) is 4.79 Å². The highest BCUT2D eigenvalue weighted by atomic mass is 32.1. The number of rotatable bonds is 4. The van der Waals surface area contributed by atoms with Crippen LogP contribution in [0.2, 0.25) is 0 Å². The van der Waals surface area contributed by atoms with E-state index < -0.39 is 0 Å². The lowest BCUT2D eigenvalue weighted by molar-refractivity contribution is 0.0922. The van der Waals surface area contributed by atoms with E-state index in [2.05, 4.69) is 5.32 Å². The lowest BCUT2D eigenvalue weighted by Crippen LogP contribution is -2.38. The maximum Gasteiger partial charge on any atom is 0.251 e. The minimum atomic E-state index is -0.0995. The molecule has 1 fully saturated rings. The highest BCUT2D eigenvalue weighted by molar-refractivity contribution is 7.80. The van der Waals surface area contributed by atoms with Crippen molar-refractivity contribution >= 4 is 23.1 Å². The maximum atomic E-state index is 12.2. The molecule has 5 heteroatoms. The van der Waals surface area contributed by atoms with E-state index in [1.54, 1.807) is 24.3 Å². The summed E-state index contributed by atoms with van der Waals surface area (Å²) in [5, 5.41) is 3.00. The quantitative estimate of drug-likeness (QED) is 0.819. The van der Waals surface area contributed by atoms with E-state index >= 15 is 0 Å². The van der Waals surface area contributed by atoms with Crippen LogP contribution in [-0.4, -0.2) is 30.2 Å². The van der Waals surface area contributed by atoms with Gasteiger partial charge in [-0.1, -0.05) is 24.4 Å². The molecule has 0 aromatic heterocycles. The summed E-state index contributed by atoms with van der Waals surface area (Å²) in [5.74, 6) is 0.292. The van der Waals surface area contributed by atoms with Crippen LogP contribution >= 0.6 is 12.2 Å². The lowest BCUT2D eigenvalue weighted by atomic mass is 10.00. The maximum absolute atomic E-state index is 12.2. The van der Waals surface area contributed by atoms with E-state index in [4.69, 9.17) is 22.7 Å². The standard InChI is InChI=1S/C14H18N2O2S/c1-9(12-5-6-18-8-12)16-14(17)11-4-2-3-10(7-11)13(15)19/h2-4,7,9,12H,5-6,8H2,1H3,(H2,15,19)(H,16,17). The van der Waals surface area contributed by atoms with Crippen LogP contribution in [0.15, 0.2) is 24.3 Å². The molecule has 0 saturated carbocycles. The summed E-state index contributed by atoms with van der Waals surface area (Å²) in [5.41, 5.74) is 6.85. The zero-order chi connectivity index (χ0) is 13.8. The van der Waals surface area contributed by atoms with E-state index in [-0.39, 0.29) is 11.9 Å². The topological polar surface area (TPSA) is 64.4 Å². The third-order valence-electron chi connectivity index (χ3n) is 3.44. The van der Waals surface area contributed by atoms with Crippen molar-refractivity contribution in [1.82, 2.24) is 5.32 Å². The Bertz CT molecular complexity index is 484. The van der Waals surface area contributed by atoms with E-state index in [1.807, 2.05) is 6.92 Å². The van der Waals surface area contributed by atoms with Gasteiger partial charge in [0.05, 0.1) is 6.61 Å². The van der Waals surface area contributed by atoms with Gasteiger partial charge < -0.3 is 15.8 Å². The smallest absolute Gasteiger partial charge is 0.251 e. The predicted molar refractivity (Wildman–Crippen MR) is 78.2 cm³/mol. The zero-order valence-electron chi connectivity index (χ0n) is 10.9. The molecular formula is C14H18N2O2S. The highest BCUT2D eigenvalue weighted by Crippen LogP contribution is 2.17. The molecule has 1 aromatic rings. The number of ether oxygens (including phenoxy) is 1. The van der Waals surface area contributed by atoms with Gasteiger partial charge in [0.25, 0.3) is 5.91 Å². The molecule has 1 heterocycles. The number of thiocarbonyl (C=S) groups is 1. The van der Waals surface area contributed by atoms with Crippen LogP contribution in [0.1, 0.15) is 29.3 Å². The van der Waals surface area contributed by atoms with Gasteiger partial charge in [0.1, 0.15) is 4.99 Å². The molecule has 0 bridgehead atoms. The molecule has 2 rings (SSSR count). The lowest BCUT2D eigenvalue weighted by Gasteiger charge is -2.19. The average molecular weight is 278 g/mol. The summed E-state index contributed by atoms with van der Waals surface area (Å²) in [7, 11) is 0. The molecule has 3 N–H and O–H groups in total. The molecular weight excluding hydrogens is 260 g/mol. The van der Waals surface area contributed by atoms with Crippen molar-refractivity contribution in [2.24, 2.45) is 11.7 Å². The Balaban J connectivity index is 2.02. The minimum absolute atomic E-state index is 0.0995. The first-order valence-electron chi connectivity index (χ1n) is 6.36. The summed E-state index contributed by atoms with van der Waals surface area (Å²) in [6, 6.07) is 7.16. The number of benzene rings is 1. The van der Waals surface area contributed by atoms with E-state index in [0.29, 0.717) is 28.6 Å². The summed E-state index contributed by atoms with van der Waals surface area (Å²) in [6.07, 6.45) is 0.994. The summed E-state index contributed by atoms with van der Waals surface area (Å²) in [4.78, 5) is 12.4. The number of nitrogens with one attached hydrogen (secondary N) is 1. The van der Waals surface area contributed by atoms with Crippen LogP contribution in [0, 0.1) is 5.92 Å². The van der Waals surface area contributed by atoms with E-state index in [0.717, 1.165) is 13.0 Å². The van der Waals surface area contributed by atoms with Crippen LogP contribution in [-0.2, 0) is 4.74 Å². The largest absolute Gasteiger partial charge is 0.389 e. The van der Waals surface area contributed by atoms with Crippen molar-refractivity contribution in [1.29, 1.82) is 0 Å². The fourth-order valence-electron chi connectivity index (χ4n) is 2.17. The second-order valence-electron chi connectivity index (χ2n) is 4.83. The molecule has 0 spiro atoms. The van der Waals surface area contributed by atoms with Crippen LogP contribution < -0.4 is 11.1 Å². The Morgan fingerprint density at radius 3 is 2.89 bits per heavy atom. The fraction of sp³-hybridized carbons (Fsp3) is 0.429. The molecule has 1 saturated heterocycles. The molecule has 19 heavy (non-hydrogen) atoms. The van der Waals surface area contributed by atoms with Gasteiger partial charge in [-0.15, -0.1) is 0 Å². The molecule has 1 aromatic carbocycles. The predicted octanol–water partition coefficient (Wildman–Crippen LogP) is 1.48. The number of amides is 1. The Labute approximate surface area is 118 Å². The van der Waals surface area contributed by atoms with Gasteiger partial charge in [-0.2, -0.15) is 0 Å². The Morgan fingerprint density at radius 1 is 1.53 bits per heavy atom. The first kappa shape index (κ1) is 14.0. The first-order chi connectivity index (χ1) is 9.08. The molecule has 2 unspecified atom stereocenters. The number of hydrogen-bond donors (Lipinski definition) is 2. The fourth-order valence-corrected chi connectivity index (χ4v) is 2.30. The molecule has 0 radical (unpaired) electrons. The van der Waals surface area contributed by atoms with Crippen molar-refractivity contribution in [3.05, 3.63) is 35.4 Å². The Hall–Kier alpha value is -1.46. The van der Waals surface area contributed by atoms with Gasteiger partial charge in [0, 0.05) is 29.7 Å². The SMILES string of the molecule is CC(NC(=O)c1cccc(C(N)=S)c1)C1CCOC1. The third kappa shape index (κ3) is 3.52. The molecule has 1 aliphatic rings. The Morgan fingerprint density at radius 2 is 2.26 bits per heavy atom. The van der Waals surface area contributed by atoms with Crippen LogP contribution in [0.5, 0.6) is 0 Å². The number of carbonyl (C=O) groups is 1. The zero-order valence-corrected chi connectivity index (χ0v) is 11.7. The van der Waals surface area contributed by atoms with Gasteiger partial charge >= 0.3 is 0 Å². The van der Waals surface area contributed by atoms with E-state index in [9.17, 15) is 4.79 Å². The summed E-state index contributed by atoms with van der Waals surface area (Å²) >= 11 is 4.91. The van der Waals surface area contributed by atoms with Gasteiger partial charge in [-0.25, -0.2) is 0 Å². The van der Waals surface area contributed by atoms with Crippen molar-refractivity contribution in [3.63, 3.8) is 0 Å². The molecule has 1 amide bonds. The molecule has 0 aliphatic carbocycles. The second kappa shape index (κ2) is 6.12. The van der Waals surface area contributed by atoms with Crippen molar-refractivity contribution in [2.75, 3.05) is 13.2 Å². The van der Waals surface area contributed by atoms with Crippen LogP contribution in [0.4, 0.5) is 0 Å². The number of carbonyl (C=O) groups excluding carboxylic acids is 1. The molecule has 102 valence electrons. The number of hydrogen-bond acceptors (Lipinski definition) is 3. The van der Waals surface area contributed by atoms with Gasteiger partial charge in [0.15, 0.2) is 0 Å². The van der Waals surface area contributed by atoms with Crippen molar-refractivity contribution < 1.29 is 9.53 Å². The third-order valence-corrected chi connectivity index (χ3v) is 3.68. The van der Waals surface area contributed by atoms with Gasteiger partial charge in [-0.05, 0) is 25.5 Å². The average Bonchev–Trinajstić information content (AvgIpc) is 2.92. The molecule has 4 nitrogen and oxygen atoms in total. The first-order valence-corrected chi connectivity index (χ1v) is 6.77.